The first-order valence-corrected chi connectivity index (χ1v) is 10.2. The lowest BCUT2D eigenvalue weighted by Crippen LogP contribution is -2.16. The van der Waals surface area contributed by atoms with Gasteiger partial charge in [-0.15, -0.1) is 0 Å². The molecule has 0 spiro atoms. The SMILES string of the molecule is O=C(COC(=O)c1c2c(nc3ccccc13)/C(=C/c1ccccc1)CC2)c1ccc[nH]1. The van der Waals surface area contributed by atoms with Crippen molar-refractivity contribution in [1.29, 1.82) is 0 Å². The van der Waals surface area contributed by atoms with Crippen LogP contribution in [0.1, 0.15) is 44.1 Å². The molecule has 2 heterocycles. The van der Waals surface area contributed by atoms with E-state index in [2.05, 4.69) is 11.1 Å². The summed E-state index contributed by atoms with van der Waals surface area (Å²) in [6.07, 6.45) is 5.30. The number of carbonyl (C=O) groups excluding carboxylic acids is 2. The molecule has 1 aliphatic carbocycles. The first-order valence-electron chi connectivity index (χ1n) is 10.2. The number of hydrogen-bond acceptors (Lipinski definition) is 4. The van der Waals surface area contributed by atoms with Crippen LogP contribution in [0.15, 0.2) is 72.9 Å². The van der Waals surface area contributed by atoms with Gasteiger partial charge in [-0.25, -0.2) is 9.78 Å². The summed E-state index contributed by atoms with van der Waals surface area (Å²) in [5.74, 6) is -0.756. The van der Waals surface area contributed by atoms with Crippen LogP contribution < -0.4 is 0 Å². The number of aromatic amines is 1. The fraction of sp³-hybridized carbons (Fsp3) is 0.115. The maximum atomic E-state index is 13.1. The Labute approximate surface area is 179 Å². The first kappa shape index (κ1) is 19.0. The van der Waals surface area contributed by atoms with E-state index >= 15 is 0 Å². The summed E-state index contributed by atoms with van der Waals surface area (Å²) in [5.41, 5.74) is 5.60. The third-order valence-corrected chi connectivity index (χ3v) is 5.52. The highest BCUT2D eigenvalue weighted by molar-refractivity contribution is 6.08. The number of ketones is 1. The fourth-order valence-corrected chi connectivity index (χ4v) is 4.05. The lowest BCUT2D eigenvalue weighted by atomic mass is 10.0. The minimum Gasteiger partial charge on any atom is -0.454 e. The molecular formula is C26H20N2O3. The maximum absolute atomic E-state index is 13.1. The lowest BCUT2D eigenvalue weighted by Gasteiger charge is -2.12. The number of pyridine rings is 1. The van der Waals surface area contributed by atoms with Gasteiger partial charge in [-0.05, 0) is 53.8 Å². The van der Waals surface area contributed by atoms with Gasteiger partial charge in [0.25, 0.3) is 0 Å². The molecule has 0 saturated heterocycles. The van der Waals surface area contributed by atoms with Gasteiger partial charge in [0.15, 0.2) is 6.61 Å². The second-order valence-electron chi connectivity index (χ2n) is 7.49. The summed E-state index contributed by atoms with van der Waals surface area (Å²) in [4.78, 5) is 33.1. The number of Topliss-reactive ketones (excluding diaryl/α,β-unsaturated/α-hetero) is 1. The van der Waals surface area contributed by atoms with Gasteiger partial charge in [-0.2, -0.15) is 0 Å². The van der Waals surface area contributed by atoms with Crippen molar-refractivity contribution in [2.24, 2.45) is 0 Å². The number of para-hydroxylation sites is 1. The van der Waals surface area contributed by atoms with Crippen LogP contribution in [0.2, 0.25) is 0 Å². The molecule has 5 nitrogen and oxygen atoms in total. The molecule has 5 rings (SSSR count). The molecule has 0 aliphatic heterocycles. The number of hydrogen-bond donors (Lipinski definition) is 1. The molecule has 2 aromatic carbocycles. The van der Waals surface area contributed by atoms with E-state index in [1.165, 1.54) is 0 Å². The zero-order valence-corrected chi connectivity index (χ0v) is 16.8. The molecule has 0 fully saturated rings. The molecule has 0 atom stereocenters. The number of benzene rings is 2. The third-order valence-electron chi connectivity index (χ3n) is 5.52. The highest BCUT2D eigenvalue weighted by Crippen LogP contribution is 2.37. The quantitative estimate of drug-likeness (QED) is 0.369. The van der Waals surface area contributed by atoms with Crippen molar-refractivity contribution in [2.45, 2.75) is 12.8 Å². The van der Waals surface area contributed by atoms with Crippen molar-refractivity contribution in [3.8, 4) is 0 Å². The zero-order chi connectivity index (χ0) is 21.2. The number of carbonyl (C=O) groups is 2. The van der Waals surface area contributed by atoms with E-state index in [1.807, 2.05) is 54.6 Å². The Morgan fingerprint density at radius 2 is 1.77 bits per heavy atom. The van der Waals surface area contributed by atoms with Crippen LogP contribution in [0.4, 0.5) is 0 Å². The Bertz CT molecular complexity index is 1310. The Kier molecular flexibility index (Phi) is 4.92. The second kappa shape index (κ2) is 8.03. The van der Waals surface area contributed by atoms with E-state index in [-0.39, 0.29) is 12.4 Å². The van der Waals surface area contributed by atoms with E-state index < -0.39 is 5.97 Å². The zero-order valence-electron chi connectivity index (χ0n) is 16.8. The molecule has 1 N–H and O–H groups in total. The number of ether oxygens (including phenoxy) is 1. The molecule has 152 valence electrons. The van der Waals surface area contributed by atoms with Crippen LogP contribution in [-0.4, -0.2) is 28.3 Å². The van der Waals surface area contributed by atoms with Crippen molar-refractivity contribution < 1.29 is 14.3 Å². The molecule has 0 amide bonds. The minimum absolute atomic E-state index is 0.266. The van der Waals surface area contributed by atoms with Crippen molar-refractivity contribution in [2.75, 3.05) is 6.61 Å². The van der Waals surface area contributed by atoms with E-state index in [9.17, 15) is 9.59 Å². The van der Waals surface area contributed by atoms with Gasteiger partial charge in [0.05, 0.1) is 22.5 Å². The Balaban J connectivity index is 1.53. The minimum atomic E-state index is -0.490. The summed E-state index contributed by atoms with van der Waals surface area (Å²) in [7, 11) is 0. The average molecular weight is 408 g/mol. The molecule has 5 heteroatoms. The molecule has 0 unspecified atom stereocenters. The van der Waals surface area contributed by atoms with Crippen molar-refractivity contribution in [3.05, 3.63) is 101 Å². The van der Waals surface area contributed by atoms with Crippen LogP contribution in [0.25, 0.3) is 22.6 Å². The number of esters is 1. The van der Waals surface area contributed by atoms with Crippen LogP contribution in [0, 0.1) is 0 Å². The van der Waals surface area contributed by atoms with Gasteiger partial charge < -0.3 is 9.72 Å². The van der Waals surface area contributed by atoms with Gasteiger partial charge in [0, 0.05) is 11.6 Å². The van der Waals surface area contributed by atoms with E-state index in [4.69, 9.17) is 9.72 Å². The summed E-state index contributed by atoms with van der Waals surface area (Å²) in [5, 5.41) is 0.750. The van der Waals surface area contributed by atoms with Crippen molar-refractivity contribution in [3.63, 3.8) is 0 Å². The third kappa shape index (κ3) is 3.66. The second-order valence-corrected chi connectivity index (χ2v) is 7.49. The Hall–Kier alpha value is -3.99. The van der Waals surface area contributed by atoms with Crippen LogP contribution in [-0.2, 0) is 11.2 Å². The molecule has 31 heavy (non-hydrogen) atoms. The highest BCUT2D eigenvalue weighted by Gasteiger charge is 2.28. The summed E-state index contributed by atoms with van der Waals surface area (Å²) < 4.78 is 5.44. The number of rotatable bonds is 5. The summed E-state index contributed by atoms with van der Waals surface area (Å²) >= 11 is 0. The predicted octanol–water partition coefficient (Wildman–Crippen LogP) is 5.09. The number of aromatic nitrogens is 2. The highest BCUT2D eigenvalue weighted by atomic mass is 16.5. The fourth-order valence-electron chi connectivity index (χ4n) is 4.05. The van der Waals surface area contributed by atoms with Crippen LogP contribution in [0.5, 0.6) is 0 Å². The van der Waals surface area contributed by atoms with Gasteiger partial charge in [-0.3, -0.25) is 4.79 Å². The van der Waals surface area contributed by atoms with Crippen LogP contribution >= 0.6 is 0 Å². The van der Waals surface area contributed by atoms with Crippen molar-refractivity contribution >= 4 is 34.3 Å². The monoisotopic (exact) mass is 408 g/mol. The van der Waals surface area contributed by atoms with Crippen LogP contribution in [0.3, 0.4) is 0 Å². The molecule has 0 saturated carbocycles. The number of fused-ring (bicyclic) bond motifs is 2. The summed E-state index contributed by atoms with van der Waals surface area (Å²) in [6.45, 7) is -0.308. The normalized spacial score (nSPS) is 14.0. The predicted molar refractivity (Wildman–Crippen MR) is 120 cm³/mol. The number of H-pyrrole nitrogens is 1. The maximum Gasteiger partial charge on any atom is 0.339 e. The topological polar surface area (TPSA) is 72.1 Å². The van der Waals surface area contributed by atoms with E-state index in [0.717, 1.165) is 39.7 Å². The van der Waals surface area contributed by atoms with Gasteiger partial charge >= 0.3 is 5.97 Å². The molecule has 0 radical (unpaired) electrons. The standard InChI is InChI=1S/C26H20N2O3/c29-23(22-11-6-14-27-22)16-31-26(30)24-19-9-4-5-10-21(19)28-25-18(12-13-20(24)25)15-17-7-2-1-3-8-17/h1-11,14-15,27H,12-13,16H2/b18-15+. The van der Waals surface area contributed by atoms with Gasteiger partial charge in [0.2, 0.25) is 5.78 Å². The molecule has 1 aliphatic rings. The Morgan fingerprint density at radius 1 is 0.968 bits per heavy atom. The number of nitrogens with zero attached hydrogens (tertiary/aromatic N) is 1. The molecule has 2 aromatic heterocycles. The van der Waals surface area contributed by atoms with Crippen molar-refractivity contribution in [1.82, 2.24) is 9.97 Å². The number of allylic oxidation sites excluding steroid dienone is 1. The molecule has 0 bridgehead atoms. The lowest BCUT2D eigenvalue weighted by molar-refractivity contribution is 0.0474. The van der Waals surface area contributed by atoms with Gasteiger partial charge in [-0.1, -0.05) is 48.5 Å². The number of nitrogens with one attached hydrogen (secondary N) is 1. The van der Waals surface area contributed by atoms with E-state index in [0.29, 0.717) is 17.7 Å². The largest absolute Gasteiger partial charge is 0.454 e. The van der Waals surface area contributed by atoms with E-state index in [1.54, 1.807) is 18.3 Å². The molecule has 4 aromatic rings. The smallest absolute Gasteiger partial charge is 0.339 e. The summed E-state index contributed by atoms with van der Waals surface area (Å²) in [6, 6.07) is 21.0. The first-order chi connectivity index (χ1) is 15.2. The molecular weight excluding hydrogens is 388 g/mol. The average Bonchev–Trinajstić information content (AvgIpc) is 3.47. The van der Waals surface area contributed by atoms with Gasteiger partial charge in [0.1, 0.15) is 0 Å². The Morgan fingerprint density at radius 3 is 2.58 bits per heavy atom.